The summed E-state index contributed by atoms with van der Waals surface area (Å²) in [5, 5.41) is 7.30. The van der Waals surface area contributed by atoms with Crippen LogP contribution in [0.5, 0.6) is 11.5 Å². The number of carbonyl (C=O) groups excluding carboxylic acids is 1. The van der Waals surface area contributed by atoms with Crippen LogP contribution < -0.4 is 20.5 Å². The van der Waals surface area contributed by atoms with Gasteiger partial charge in [-0.25, -0.2) is 9.50 Å². The number of rotatable bonds is 6. The largest absolute Gasteiger partial charge is 0.493 e. The van der Waals surface area contributed by atoms with Crippen LogP contribution in [0.15, 0.2) is 43.0 Å². The topological polar surface area (TPSA) is 122 Å². The lowest BCUT2D eigenvalue weighted by Gasteiger charge is -2.13. The van der Waals surface area contributed by atoms with Crippen LogP contribution in [0, 0.1) is 0 Å². The number of nitrogens with two attached hydrogens (primary N) is 1. The van der Waals surface area contributed by atoms with Gasteiger partial charge in [0.05, 0.1) is 31.7 Å². The minimum Gasteiger partial charge on any atom is -0.493 e. The number of anilines is 2. The standard InChI is InChI=1S/C18H16ClN7O3/c1-28-13-7-10(6-11(16(20)27)15(13)29-2)25-8-14(21-9-25)22-17-12-4-3-5-26(12)24-18(19)23-17/h3-9H,1-2H3,(H2,20,27)(H,22,23,24). The Morgan fingerprint density at radius 2 is 2.10 bits per heavy atom. The van der Waals surface area contributed by atoms with Crippen molar-refractivity contribution in [2.45, 2.75) is 0 Å². The first kappa shape index (κ1) is 18.6. The summed E-state index contributed by atoms with van der Waals surface area (Å²) in [6.45, 7) is 0. The van der Waals surface area contributed by atoms with E-state index < -0.39 is 5.91 Å². The number of hydrogen-bond acceptors (Lipinski definition) is 7. The third-order valence-corrected chi connectivity index (χ3v) is 4.38. The van der Waals surface area contributed by atoms with Crippen LogP contribution >= 0.6 is 11.6 Å². The molecule has 0 aliphatic rings. The molecular formula is C18H16ClN7O3. The van der Waals surface area contributed by atoms with Gasteiger partial charge in [-0.05, 0) is 29.8 Å². The Kier molecular flexibility index (Phi) is 4.69. The van der Waals surface area contributed by atoms with Gasteiger partial charge in [0, 0.05) is 12.3 Å². The van der Waals surface area contributed by atoms with E-state index in [4.69, 9.17) is 26.8 Å². The maximum atomic E-state index is 11.8. The minimum absolute atomic E-state index is 0.0987. The molecule has 1 aromatic carbocycles. The van der Waals surface area contributed by atoms with Crippen molar-refractivity contribution in [3.8, 4) is 17.2 Å². The van der Waals surface area contributed by atoms with Crippen LogP contribution in [0.4, 0.5) is 11.6 Å². The van der Waals surface area contributed by atoms with Gasteiger partial charge < -0.3 is 25.1 Å². The molecular weight excluding hydrogens is 398 g/mol. The van der Waals surface area contributed by atoms with Crippen molar-refractivity contribution in [3.63, 3.8) is 0 Å². The Bertz CT molecular complexity index is 1220. The van der Waals surface area contributed by atoms with Crippen molar-refractivity contribution in [1.29, 1.82) is 0 Å². The van der Waals surface area contributed by atoms with Crippen LogP contribution in [0.2, 0.25) is 5.28 Å². The fraction of sp³-hybridized carbons (Fsp3) is 0.111. The highest BCUT2D eigenvalue weighted by Crippen LogP contribution is 2.34. The first-order chi connectivity index (χ1) is 14.0. The summed E-state index contributed by atoms with van der Waals surface area (Å²) < 4.78 is 13.9. The van der Waals surface area contributed by atoms with E-state index in [9.17, 15) is 4.79 Å². The highest BCUT2D eigenvalue weighted by Gasteiger charge is 2.18. The molecule has 148 valence electrons. The van der Waals surface area contributed by atoms with Gasteiger partial charge in [0.2, 0.25) is 5.28 Å². The number of hydrogen-bond donors (Lipinski definition) is 2. The van der Waals surface area contributed by atoms with Crippen LogP contribution in [0.1, 0.15) is 10.4 Å². The molecule has 11 heteroatoms. The number of nitrogens with zero attached hydrogens (tertiary/aromatic N) is 5. The van der Waals surface area contributed by atoms with E-state index in [1.54, 1.807) is 39.9 Å². The number of fused-ring (bicyclic) bond motifs is 1. The minimum atomic E-state index is -0.633. The number of aromatic nitrogens is 5. The zero-order valence-corrected chi connectivity index (χ0v) is 16.2. The predicted octanol–water partition coefficient (Wildman–Crippen LogP) is 2.43. The van der Waals surface area contributed by atoms with Crippen LogP contribution in [-0.4, -0.2) is 44.3 Å². The van der Waals surface area contributed by atoms with Gasteiger partial charge in [0.25, 0.3) is 5.91 Å². The lowest BCUT2D eigenvalue weighted by atomic mass is 10.1. The van der Waals surface area contributed by atoms with Gasteiger partial charge in [0.1, 0.15) is 17.7 Å². The van der Waals surface area contributed by atoms with Gasteiger partial charge >= 0.3 is 0 Å². The molecule has 0 aliphatic heterocycles. The third kappa shape index (κ3) is 3.41. The summed E-state index contributed by atoms with van der Waals surface area (Å²) in [7, 11) is 2.92. The molecule has 3 aromatic heterocycles. The molecule has 0 atom stereocenters. The van der Waals surface area contributed by atoms with Gasteiger partial charge in [0.15, 0.2) is 17.3 Å². The first-order valence-electron chi connectivity index (χ1n) is 8.38. The summed E-state index contributed by atoms with van der Waals surface area (Å²) >= 11 is 5.98. The highest BCUT2D eigenvalue weighted by molar-refractivity contribution is 6.28. The number of halogens is 1. The molecule has 0 saturated heterocycles. The summed E-state index contributed by atoms with van der Waals surface area (Å²) in [6.07, 6.45) is 5.07. The Balaban J connectivity index is 1.71. The van der Waals surface area contributed by atoms with E-state index in [1.807, 2.05) is 12.1 Å². The first-order valence-corrected chi connectivity index (χ1v) is 8.76. The zero-order valence-electron chi connectivity index (χ0n) is 15.5. The summed E-state index contributed by atoms with van der Waals surface area (Å²) in [4.78, 5) is 20.4. The molecule has 1 amide bonds. The monoisotopic (exact) mass is 413 g/mol. The molecule has 0 unspecified atom stereocenters. The Hall–Kier alpha value is -3.79. The van der Waals surface area contributed by atoms with Crippen molar-refractivity contribution in [2.24, 2.45) is 5.73 Å². The van der Waals surface area contributed by atoms with E-state index in [0.29, 0.717) is 23.1 Å². The highest BCUT2D eigenvalue weighted by atomic mass is 35.5. The molecule has 3 N–H and O–H groups in total. The molecule has 0 fully saturated rings. The number of primary amides is 1. The smallest absolute Gasteiger partial charge is 0.252 e. The zero-order chi connectivity index (χ0) is 20.5. The predicted molar refractivity (Wildman–Crippen MR) is 106 cm³/mol. The van der Waals surface area contributed by atoms with Gasteiger partial charge in [-0.1, -0.05) is 0 Å². The molecule has 0 aliphatic carbocycles. The lowest BCUT2D eigenvalue weighted by molar-refractivity contribution is 0.0996. The van der Waals surface area contributed by atoms with Crippen LogP contribution in [-0.2, 0) is 0 Å². The molecule has 0 radical (unpaired) electrons. The fourth-order valence-corrected chi connectivity index (χ4v) is 3.10. The number of methoxy groups -OCH3 is 2. The van der Waals surface area contributed by atoms with Crippen molar-refractivity contribution < 1.29 is 14.3 Å². The summed E-state index contributed by atoms with van der Waals surface area (Å²) in [5.41, 5.74) is 7.04. The fourth-order valence-electron chi connectivity index (χ4n) is 2.93. The van der Waals surface area contributed by atoms with Crippen molar-refractivity contribution >= 4 is 34.7 Å². The van der Waals surface area contributed by atoms with E-state index in [2.05, 4.69) is 20.4 Å². The lowest BCUT2D eigenvalue weighted by Crippen LogP contribution is -2.14. The van der Waals surface area contributed by atoms with Crippen LogP contribution in [0.3, 0.4) is 0 Å². The number of imidazole rings is 1. The number of ether oxygens (including phenoxy) is 2. The van der Waals surface area contributed by atoms with Gasteiger partial charge in [-0.15, -0.1) is 5.10 Å². The maximum Gasteiger partial charge on any atom is 0.252 e. The number of benzene rings is 1. The number of carbonyl (C=O) groups is 1. The normalized spacial score (nSPS) is 10.9. The quantitative estimate of drug-likeness (QED) is 0.497. The Labute approximate surface area is 169 Å². The third-order valence-electron chi connectivity index (χ3n) is 4.22. The van der Waals surface area contributed by atoms with E-state index in [1.165, 1.54) is 14.2 Å². The summed E-state index contributed by atoms with van der Waals surface area (Å²) in [5.74, 6) is 1.03. The second kappa shape index (κ2) is 7.32. The van der Waals surface area contributed by atoms with Crippen molar-refractivity contribution in [1.82, 2.24) is 24.1 Å². The van der Waals surface area contributed by atoms with E-state index in [-0.39, 0.29) is 16.6 Å². The van der Waals surface area contributed by atoms with Crippen molar-refractivity contribution in [2.75, 3.05) is 19.5 Å². The van der Waals surface area contributed by atoms with Crippen LogP contribution in [0.25, 0.3) is 11.2 Å². The molecule has 4 rings (SSSR count). The van der Waals surface area contributed by atoms with E-state index >= 15 is 0 Å². The second-order valence-electron chi connectivity index (χ2n) is 5.95. The number of amides is 1. The summed E-state index contributed by atoms with van der Waals surface area (Å²) in [6, 6.07) is 6.99. The second-order valence-corrected chi connectivity index (χ2v) is 6.29. The maximum absolute atomic E-state index is 11.8. The molecule has 0 spiro atoms. The van der Waals surface area contributed by atoms with Crippen molar-refractivity contribution in [3.05, 3.63) is 53.8 Å². The Morgan fingerprint density at radius 3 is 2.83 bits per heavy atom. The molecule has 0 saturated carbocycles. The average molecular weight is 414 g/mol. The van der Waals surface area contributed by atoms with E-state index in [0.717, 1.165) is 5.52 Å². The molecule has 4 aromatic rings. The van der Waals surface area contributed by atoms with Gasteiger partial charge in [-0.3, -0.25) is 4.79 Å². The van der Waals surface area contributed by atoms with Gasteiger partial charge in [-0.2, -0.15) is 4.98 Å². The Morgan fingerprint density at radius 1 is 1.28 bits per heavy atom. The molecule has 0 bridgehead atoms. The molecule has 29 heavy (non-hydrogen) atoms. The molecule has 3 heterocycles. The average Bonchev–Trinajstić information content (AvgIpc) is 3.36. The number of nitrogens with one attached hydrogen (secondary N) is 1. The molecule has 10 nitrogen and oxygen atoms in total. The SMILES string of the molecule is COc1cc(-n2cnc(Nc3nc(Cl)nn4cccc34)c2)cc(C(N)=O)c1OC.